The largest absolute Gasteiger partial charge is 0.444 e. The van der Waals surface area contributed by atoms with Crippen LogP contribution >= 0.6 is 22.9 Å². The predicted octanol–water partition coefficient (Wildman–Crippen LogP) is 1.47. The molecule has 1 aromatic carbocycles. The highest BCUT2D eigenvalue weighted by Gasteiger charge is 2.09. The number of carbonyl (C=O) groups excluding carboxylic acids is 1. The summed E-state index contributed by atoms with van der Waals surface area (Å²) >= 11 is 1.89. The highest BCUT2D eigenvalue weighted by Crippen LogP contribution is 2.08. The molecule has 6 heteroatoms. The third kappa shape index (κ3) is 3.76. The van der Waals surface area contributed by atoms with Crippen molar-refractivity contribution in [2.75, 3.05) is 6.54 Å². The van der Waals surface area contributed by atoms with Gasteiger partial charge in [0.2, 0.25) is 0 Å². The van der Waals surface area contributed by atoms with Crippen molar-refractivity contribution in [3.63, 3.8) is 0 Å². The average Bonchev–Trinajstić information content (AvgIpc) is 2.35. The Morgan fingerprint density at radius 3 is 2.56 bits per heavy atom. The van der Waals surface area contributed by atoms with Gasteiger partial charge >= 0.3 is 6.09 Å². The number of nitroso groups, excluding NO2 is 1. The molecule has 1 rings (SSSR count). The van der Waals surface area contributed by atoms with Crippen molar-refractivity contribution in [1.82, 2.24) is 3.11 Å². The monoisotopic (exact) mass is 335 g/mol. The fraction of sp³-hybridized carbons (Fsp3) is 0.300. The van der Waals surface area contributed by atoms with E-state index >= 15 is 0 Å². The smallest absolute Gasteiger partial charge is 0.418 e. The number of hydrogen-bond acceptors (Lipinski definition) is 3. The Bertz CT molecular complexity index is 367. The Morgan fingerprint density at radius 1 is 1.44 bits per heavy atom. The lowest BCUT2D eigenvalue weighted by Crippen LogP contribution is -2.55. The maximum absolute atomic E-state index is 11.3. The van der Waals surface area contributed by atoms with Crippen LogP contribution in [0.25, 0.3) is 0 Å². The molecule has 0 unspecified atom stereocenters. The minimum absolute atomic E-state index is 0.206. The maximum atomic E-state index is 11.3. The number of hydrogen-bond donors (Lipinski definition) is 1. The topological polar surface area (TPSA) is 60.6 Å². The van der Waals surface area contributed by atoms with Gasteiger partial charge in [-0.05, 0) is 24.6 Å². The van der Waals surface area contributed by atoms with E-state index in [1.54, 1.807) is 29.4 Å². The third-order valence-corrected chi connectivity index (χ3v) is 2.99. The van der Waals surface area contributed by atoms with Crippen LogP contribution in [0.1, 0.15) is 12.5 Å². The molecule has 0 fully saturated rings. The summed E-state index contributed by atoms with van der Waals surface area (Å²) in [5.74, 6) is 0. The predicted molar refractivity (Wildman–Crippen MR) is 67.0 cm³/mol. The highest BCUT2D eigenvalue weighted by molar-refractivity contribution is 14.1. The first-order valence-electron chi connectivity index (χ1n) is 4.74. The van der Waals surface area contributed by atoms with Gasteiger partial charge in [0.25, 0.3) is 5.69 Å². The number of benzene rings is 1. The minimum atomic E-state index is -0.367. The third-order valence-electron chi connectivity index (χ3n) is 1.91. The van der Waals surface area contributed by atoms with Gasteiger partial charge in [-0.1, -0.05) is 0 Å². The summed E-state index contributed by atoms with van der Waals surface area (Å²) < 4.78 is 6.48. The Morgan fingerprint density at radius 2 is 2.06 bits per heavy atom. The van der Waals surface area contributed by atoms with E-state index in [0.717, 1.165) is 5.56 Å². The van der Waals surface area contributed by atoms with E-state index in [1.807, 2.05) is 29.8 Å². The standard InChI is InChI=1S/C10H11IN2O3/c1-2-13(11)10(14)16-7-8-3-5-9(12-15)6-4-8/h3-6H,2,7H2,1H3/p+1. The Labute approximate surface area is 107 Å². The van der Waals surface area contributed by atoms with Crippen LogP contribution in [0.2, 0.25) is 0 Å². The van der Waals surface area contributed by atoms with Gasteiger partial charge in [-0.2, -0.15) is 0 Å². The first kappa shape index (κ1) is 12.9. The summed E-state index contributed by atoms with van der Waals surface area (Å²) in [4.78, 5) is 21.6. The molecule has 1 N–H and O–H groups in total. The van der Waals surface area contributed by atoms with Gasteiger partial charge in [0, 0.05) is 28.8 Å². The van der Waals surface area contributed by atoms with Crippen molar-refractivity contribution in [3.05, 3.63) is 34.7 Å². The van der Waals surface area contributed by atoms with Crippen LogP contribution in [0.5, 0.6) is 0 Å². The highest BCUT2D eigenvalue weighted by atomic mass is 127. The lowest BCUT2D eigenvalue weighted by molar-refractivity contribution is -0.379. The van der Waals surface area contributed by atoms with E-state index in [1.165, 1.54) is 3.11 Å². The molecule has 0 spiro atoms. The van der Waals surface area contributed by atoms with Gasteiger partial charge in [-0.25, -0.2) is 4.79 Å². The van der Waals surface area contributed by atoms with E-state index in [9.17, 15) is 9.70 Å². The first-order valence-corrected chi connectivity index (χ1v) is 5.71. The molecule has 1 amide bonds. The molecule has 0 saturated carbocycles. The van der Waals surface area contributed by atoms with Crippen molar-refractivity contribution in [3.8, 4) is 0 Å². The van der Waals surface area contributed by atoms with Crippen LogP contribution in [0.3, 0.4) is 0 Å². The van der Waals surface area contributed by atoms with Crippen molar-refractivity contribution in [2.24, 2.45) is 0 Å². The molecule has 0 aromatic heterocycles. The molecule has 1 aromatic rings. The quantitative estimate of drug-likeness (QED) is 0.670. The fourth-order valence-electron chi connectivity index (χ4n) is 1.01. The van der Waals surface area contributed by atoms with Gasteiger partial charge in [0.05, 0.1) is 22.9 Å². The molecule has 5 nitrogen and oxygen atoms in total. The zero-order valence-corrected chi connectivity index (χ0v) is 10.9. The number of rotatable bonds is 4. The summed E-state index contributed by atoms with van der Waals surface area (Å²) in [6.45, 7) is 2.66. The molecule has 0 heterocycles. The second kappa shape index (κ2) is 6.41. The zero-order chi connectivity index (χ0) is 12.0. The van der Waals surface area contributed by atoms with E-state index in [4.69, 9.17) is 4.74 Å². The summed E-state index contributed by atoms with van der Waals surface area (Å²) in [6.07, 6.45) is -0.367. The zero-order valence-electron chi connectivity index (χ0n) is 8.77. The number of carbonyl (C=O) groups is 1. The molecular weight excluding hydrogens is 323 g/mol. The van der Waals surface area contributed by atoms with Crippen molar-refractivity contribution in [2.45, 2.75) is 13.5 Å². The number of amides is 1. The second-order valence-corrected chi connectivity index (χ2v) is 4.20. The van der Waals surface area contributed by atoms with Gasteiger partial charge in [0.1, 0.15) is 6.61 Å². The second-order valence-electron chi connectivity index (χ2n) is 3.03. The van der Waals surface area contributed by atoms with Crippen LogP contribution in [0, 0.1) is 4.91 Å². The molecule has 0 bridgehead atoms. The van der Waals surface area contributed by atoms with Gasteiger partial charge in [0.15, 0.2) is 0 Å². The van der Waals surface area contributed by atoms with Crippen molar-refractivity contribution >= 4 is 34.6 Å². The van der Waals surface area contributed by atoms with Crippen LogP contribution in [0.15, 0.2) is 24.3 Å². The Balaban J connectivity index is 2.48. The normalized spacial score (nSPS) is 9.62. The Kier molecular flexibility index (Phi) is 5.17. The van der Waals surface area contributed by atoms with Gasteiger partial charge in [-0.15, -0.1) is 0 Å². The molecule has 86 valence electrons. The van der Waals surface area contributed by atoms with E-state index in [2.05, 4.69) is 0 Å². The fourth-order valence-corrected chi connectivity index (χ4v) is 1.15. The molecule has 0 aliphatic rings. The van der Waals surface area contributed by atoms with Crippen LogP contribution in [-0.2, 0) is 11.3 Å². The number of nitrogens with zero attached hydrogens (tertiary/aromatic N) is 1. The maximum Gasteiger partial charge on any atom is 0.418 e. The van der Waals surface area contributed by atoms with Gasteiger partial charge < -0.3 is 4.74 Å². The van der Waals surface area contributed by atoms with Gasteiger partial charge in [-0.3, -0.25) is 3.11 Å². The lowest BCUT2D eigenvalue weighted by atomic mass is 10.2. The molecular formula is C10H12IN2O3+. The number of nitrogens with one attached hydrogen (secondary N) is 1. The van der Waals surface area contributed by atoms with Crippen LogP contribution in [-0.4, -0.2) is 15.8 Å². The molecule has 0 aliphatic carbocycles. The molecule has 0 radical (unpaired) electrons. The molecule has 0 saturated heterocycles. The SMILES string of the molecule is CCN(I)C(=O)OCc1ccc([NH+]=O)cc1. The average molecular weight is 335 g/mol. The van der Waals surface area contributed by atoms with Crippen molar-refractivity contribution in [1.29, 1.82) is 0 Å². The van der Waals surface area contributed by atoms with E-state index in [-0.39, 0.29) is 12.7 Å². The minimum Gasteiger partial charge on any atom is -0.444 e. The first-order chi connectivity index (χ1) is 7.67. The number of halogens is 1. The van der Waals surface area contributed by atoms with Crippen molar-refractivity contribution < 1.29 is 14.7 Å². The summed E-state index contributed by atoms with van der Waals surface area (Å²) in [5, 5.41) is 1.78. The van der Waals surface area contributed by atoms with E-state index < -0.39 is 0 Å². The van der Waals surface area contributed by atoms with Crippen LogP contribution < -0.4 is 5.18 Å². The van der Waals surface area contributed by atoms with Crippen LogP contribution in [0.4, 0.5) is 10.5 Å². The summed E-state index contributed by atoms with van der Waals surface area (Å²) in [6, 6.07) is 6.74. The van der Waals surface area contributed by atoms with E-state index in [0.29, 0.717) is 12.2 Å². The number of ether oxygens (including phenoxy) is 1. The summed E-state index contributed by atoms with van der Waals surface area (Å²) in [5.41, 5.74) is 1.33. The molecule has 16 heavy (non-hydrogen) atoms. The molecule has 0 aliphatic heterocycles. The summed E-state index contributed by atoms with van der Waals surface area (Å²) in [7, 11) is 0. The lowest BCUT2D eigenvalue weighted by Gasteiger charge is -2.11. The molecule has 0 atom stereocenters. The Hall–Kier alpha value is -1.18.